The van der Waals surface area contributed by atoms with Crippen LogP contribution in [0.4, 0.5) is 11.5 Å². The van der Waals surface area contributed by atoms with Gasteiger partial charge in [0.15, 0.2) is 0 Å². The van der Waals surface area contributed by atoms with Crippen molar-refractivity contribution >= 4 is 23.7 Å². The van der Waals surface area contributed by atoms with E-state index >= 15 is 0 Å². The number of hydrogen-bond donors (Lipinski definition) is 2. The molecule has 122 valence electrons. The number of benzene rings is 1. The van der Waals surface area contributed by atoms with Gasteiger partial charge in [0.1, 0.15) is 28.9 Å². The molecule has 0 saturated carbocycles. The van der Waals surface area contributed by atoms with E-state index in [9.17, 15) is 5.26 Å². The molecule has 0 amide bonds. The number of ether oxygens (including phenoxy) is 1. The van der Waals surface area contributed by atoms with E-state index in [0.717, 1.165) is 12.3 Å². The Bertz CT molecular complexity index is 872. The van der Waals surface area contributed by atoms with Crippen molar-refractivity contribution in [2.24, 2.45) is 0 Å². The minimum atomic E-state index is 0.162. The van der Waals surface area contributed by atoms with Crippen LogP contribution in [0.25, 0.3) is 16.0 Å². The number of rotatable bonds is 5. The lowest BCUT2D eigenvalue weighted by Crippen LogP contribution is -2.19. The number of nitrogens with one attached hydrogen (secondary N) is 1. The average molecular weight is 339 g/mol. The Morgan fingerprint density at radius 2 is 2.04 bits per heavy atom. The molecular weight excluding hydrogens is 322 g/mol. The number of nitrogens with zero attached hydrogens (tertiary/aromatic N) is 3. The summed E-state index contributed by atoms with van der Waals surface area (Å²) in [7, 11) is 3.95. The number of H-pyrrole nitrogens is 1. The van der Waals surface area contributed by atoms with Gasteiger partial charge in [-0.1, -0.05) is 24.4 Å². The number of pyridine rings is 1. The molecule has 3 N–H and O–H groups in total. The van der Waals surface area contributed by atoms with Gasteiger partial charge in [0, 0.05) is 12.1 Å². The third kappa shape index (κ3) is 3.72. The fraction of sp³-hybridized carbons (Fsp3) is 0.235. The molecule has 6 nitrogen and oxygen atoms in total. The summed E-state index contributed by atoms with van der Waals surface area (Å²) < 4.78 is 5.88. The van der Waals surface area contributed by atoms with Gasteiger partial charge < -0.3 is 20.4 Å². The van der Waals surface area contributed by atoms with E-state index in [1.165, 1.54) is 0 Å². The molecule has 1 aromatic heterocycles. The van der Waals surface area contributed by atoms with Crippen LogP contribution in [0.15, 0.2) is 24.3 Å². The first-order valence-electron chi connectivity index (χ1n) is 7.19. The van der Waals surface area contributed by atoms with Gasteiger partial charge in [0.25, 0.3) is 0 Å². The van der Waals surface area contributed by atoms with Crippen LogP contribution >= 0.6 is 12.2 Å². The molecule has 24 heavy (non-hydrogen) atoms. The molecule has 2 rings (SSSR count). The van der Waals surface area contributed by atoms with Crippen LogP contribution in [-0.2, 0) is 0 Å². The summed E-state index contributed by atoms with van der Waals surface area (Å²) in [5, 5.41) is 9.38. The molecule has 0 fully saturated rings. The summed E-state index contributed by atoms with van der Waals surface area (Å²) in [6, 6.07) is 9.25. The highest BCUT2D eigenvalue weighted by Gasteiger charge is 2.16. The number of hydrogen-bond acceptors (Lipinski definition) is 5. The minimum Gasteiger partial charge on any atom is -0.492 e. The molecule has 0 unspecified atom stereocenters. The third-order valence-electron chi connectivity index (χ3n) is 3.39. The van der Waals surface area contributed by atoms with Crippen molar-refractivity contribution in [2.45, 2.75) is 0 Å². The zero-order chi connectivity index (χ0) is 17.7. The Kier molecular flexibility index (Phi) is 5.54. The lowest BCUT2D eigenvalue weighted by Gasteiger charge is -2.13. The lowest BCUT2D eigenvalue weighted by molar-refractivity contribution is 0.261. The summed E-state index contributed by atoms with van der Waals surface area (Å²) in [4.78, 5) is 8.18. The van der Waals surface area contributed by atoms with Crippen LogP contribution in [0.3, 0.4) is 0 Å². The predicted octanol–water partition coefficient (Wildman–Crippen LogP) is 3.36. The van der Waals surface area contributed by atoms with Gasteiger partial charge in [-0.3, -0.25) is 0 Å². The molecule has 0 saturated heterocycles. The van der Waals surface area contributed by atoms with Gasteiger partial charge in [-0.15, -0.1) is 0 Å². The summed E-state index contributed by atoms with van der Waals surface area (Å²) in [5.41, 5.74) is 7.43. The molecule has 0 bridgehead atoms. The van der Waals surface area contributed by atoms with Crippen molar-refractivity contribution in [3.8, 4) is 22.9 Å². The number of nitrogen functional groups attached to an aromatic ring is 1. The van der Waals surface area contributed by atoms with E-state index < -0.39 is 0 Å². The van der Waals surface area contributed by atoms with Crippen molar-refractivity contribution < 1.29 is 4.74 Å². The molecule has 0 radical (unpaired) electrons. The summed E-state index contributed by atoms with van der Waals surface area (Å²) in [5.74, 6) is 0.882. The highest BCUT2D eigenvalue weighted by Crippen LogP contribution is 2.37. The van der Waals surface area contributed by atoms with E-state index in [-0.39, 0.29) is 21.7 Å². The second-order valence-corrected chi connectivity index (χ2v) is 5.77. The van der Waals surface area contributed by atoms with Gasteiger partial charge in [0.05, 0.1) is 12.1 Å². The minimum absolute atomic E-state index is 0.162. The monoisotopic (exact) mass is 339 g/mol. The SMILES string of the molecule is [C-]#[N+]c1c(N)[nH]c(=S)c(C#N)c1-c1ccc(OCCN(C)C)cc1. The molecule has 1 aromatic carbocycles. The number of nitrogens with two attached hydrogens (primary N) is 1. The van der Waals surface area contributed by atoms with Crippen LogP contribution in [-0.4, -0.2) is 37.1 Å². The Balaban J connectivity index is 2.41. The van der Waals surface area contributed by atoms with Crippen LogP contribution in [0.5, 0.6) is 5.75 Å². The number of anilines is 1. The third-order valence-corrected chi connectivity index (χ3v) is 3.70. The Morgan fingerprint density at radius 1 is 1.38 bits per heavy atom. The van der Waals surface area contributed by atoms with E-state index in [2.05, 4.69) is 15.9 Å². The van der Waals surface area contributed by atoms with E-state index in [1.54, 1.807) is 24.3 Å². The maximum absolute atomic E-state index is 9.38. The summed E-state index contributed by atoms with van der Waals surface area (Å²) in [6.07, 6.45) is 0. The number of aromatic nitrogens is 1. The van der Waals surface area contributed by atoms with E-state index in [4.69, 9.17) is 29.3 Å². The maximum atomic E-state index is 9.38. The first-order chi connectivity index (χ1) is 11.5. The topological polar surface area (TPSA) is 82.4 Å². The molecule has 1 heterocycles. The molecular formula is C17H17N5OS. The molecule has 7 heteroatoms. The second-order valence-electron chi connectivity index (χ2n) is 5.37. The van der Waals surface area contributed by atoms with Gasteiger partial charge in [0.2, 0.25) is 5.69 Å². The van der Waals surface area contributed by atoms with Crippen LogP contribution in [0, 0.1) is 22.5 Å². The first kappa shape index (κ1) is 17.5. The van der Waals surface area contributed by atoms with Crippen molar-refractivity contribution in [1.29, 1.82) is 5.26 Å². The summed E-state index contributed by atoms with van der Waals surface area (Å²) in [6.45, 7) is 8.73. The molecule has 2 aromatic rings. The standard InChI is InChI=1S/C17H17N5OS/c1-20-15-14(13(10-18)17(24)21-16(15)19)11-4-6-12(7-5-11)23-9-8-22(2)3/h4-7H,8-9H2,2-3H3,(H3,19,21,24). The molecule has 0 aliphatic rings. The second kappa shape index (κ2) is 7.60. The van der Waals surface area contributed by atoms with Crippen LogP contribution in [0.2, 0.25) is 0 Å². The van der Waals surface area contributed by atoms with Gasteiger partial charge in [-0.05, 0) is 31.8 Å². The van der Waals surface area contributed by atoms with Crippen LogP contribution < -0.4 is 10.5 Å². The van der Waals surface area contributed by atoms with Crippen molar-refractivity contribution in [3.63, 3.8) is 0 Å². The normalized spacial score (nSPS) is 10.2. The summed E-state index contributed by atoms with van der Waals surface area (Å²) >= 11 is 5.15. The van der Waals surface area contributed by atoms with Crippen molar-refractivity contribution in [1.82, 2.24) is 9.88 Å². The highest BCUT2D eigenvalue weighted by molar-refractivity contribution is 7.71. The maximum Gasteiger partial charge on any atom is 0.234 e. The fourth-order valence-electron chi connectivity index (χ4n) is 2.18. The Hall–Kier alpha value is -2.87. The first-order valence-corrected chi connectivity index (χ1v) is 7.60. The van der Waals surface area contributed by atoms with Crippen LogP contribution in [0.1, 0.15) is 5.56 Å². The number of aromatic amines is 1. The van der Waals surface area contributed by atoms with Crippen molar-refractivity contribution in [3.05, 3.63) is 45.9 Å². The van der Waals surface area contributed by atoms with E-state index in [0.29, 0.717) is 17.7 Å². The zero-order valence-electron chi connectivity index (χ0n) is 13.5. The fourth-order valence-corrected chi connectivity index (χ4v) is 2.44. The van der Waals surface area contributed by atoms with Gasteiger partial charge in [-0.2, -0.15) is 5.26 Å². The smallest absolute Gasteiger partial charge is 0.234 e. The lowest BCUT2D eigenvalue weighted by atomic mass is 10.00. The number of likely N-dealkylation sites (N-methyl/N-ethyl adjacent to an activating group) is 1. The number of nitriles is 1. The predicted molar refractivity (Wildman–Crippen MR) is 96.5 cm³/mol. The molecule has 0 spiro atoms. The zero-order valence-corrected chi connectivity index (χ0v) is 14.3. The Morgan fingerprint density at radius 3 is 2.58 bits per heavy atom. The highest BCUT2D eigenvalue weighted by atomic mass is 32.1. The quantitative estimate of drug-likeness (QED) is 0.645. The van der Waals surface area contributed by atoms with Gasteiger partial charge >= 0.3 is 0 Å². The molecule has 0 aliphatic heterocycles. The van der Waals surface area contributed by atoms with Gasteiger partial charge in [-0.25, -0.2) is 4.85 Å². The Labute approximate surface area is 145 Å². The van der Waals surface area contributed by atoms with E-state index in [1.807, 2.05) is 19.0 Å². The molecule has 0 aliphatic carbocycles. The largest absolute Gasteiger partial charge is 0.492 e. The van der Waals surface area contributed by atoms with Crippen molar-refractivity contribution in [2.75, 3.05) is 33.0 Å². The molecule has 0 atom stereocenters. The average Bonchev–Trinajstić information content (AvgIpc) is 2.54.